The molecule has 1 aliphatic heterocycles. The van der Waals surface area contributed by atoms with Gasteiger partial charge in [0.2, 0.25) is 0 Å². The number of fused-ring (bicyclic) bond motifs is 4. The number of hydrogen-bond donors (Lipinski definition) is 2. The molecule has 2 aromatic carbocycles. The van der Waals surface area contributed by atoms with E-state index in [9.17, 15) is 14.4 Å². The van der Waals surface area contributed by atoms with Crippen LogP contribution in [0.4, 0.5) is 10.5 Å². The topological polar surface area (TPSA) is 104 Å². The van der Waals surface area contributed by atoms with Crippen LogP contribution in [0.15, 0.2) is 36.4 Å². The van der Waals surface area contributed by atoms with Crippen LogP contribution in [-0.4, -0.2) is 78.0 Å². The first-order valence-corrected chi connectivity index (χ1v) is 13.3. The summed E-state index contributed by atoms with van der Waals surface area (Å²) < 4.78 is 11.3. The molecule has 3 aromatic rings. The molecule has 0 spiro atoms. The number of benzene rings is 2. The zero-order valence-electron chi connectivity index (χ0n) is 23.4. The molecule has 1 aliphatic carbocycles. The molecule has 5 rings (SSSR count). The molecule has 2 amide bonds. The van der Waals surface area contributed by atoms with Crippen molar-refractivity contribution in [3.63, 3.8) is 0 Å². The Labute approximate surface area is 228 Å². The van der Waals surface area contributed by atoms with Gasteiger partial charge in [0.1, 0.15) is 11.4 Å². The highest BCUT2D eigenvalue weighted by Gasteiger charge is 2.40. The second kappa shape index (κ2) is 9.63. The highest BCUT2D eigenvalue weighted by Crippen LogP contribution is 2.44. The lowest BCUT2D eigenvalue weighted by molar-refractivity contribution is -0.135. The normalized spacial score (nSPS) is 16.5. The Morgan fingerprint density at radius 3 is 2.38 bits per heavy atom. The van der Waals surface area contributed by atoms with Crippen LogP contribution in [-0.2, 0) is 14.9 Å². The lowest BCUT2D eigenvalue weighted by Gasteiger charge is -2.35. The third-order valence-corrected chi connectivity index (χ3v) is 7.49. The number of ether oxygens (including phenoxy) is 2. The maximum Gasteiger partial charge on any atom is 0.410 e. The Kier molecular flexibility index (Phi) is 6.56. The Balaban J connectivity index is 1.28. The average molecular weight is 533 g/mol. The number of aromatic amines is 1. The number of carbonyl (C=O) groups is 3. The third kappa shape index (κ3) is 4.93. The number of nitrogens with one attached hydrogen (secondary N) is 2. The van der Waals surface area contributed by atoms with E-state index in [2.05, 4.69) is 24.1 Å². The van der Waals surface area contributed by atoms with Gasteiger partial charge in [-0.05, 0) is 56.7 Å². The number of H-pyrrole nitrogens is 1. The van der Waals surface area contributed by atoms with Gasteiger partial charge >= 0.3 is 6.09 Å². The zero-order valence-corrected chi connectivity index (χ0v) is 23.4. The van der Waals surface area contributed by atoms with Crippen LogP contribution in [0, 0.1) is 0 Å². The first kappa shape index (κ1) is 26.6. The molecule has 0 atom stereocenters. The second-order valence-electron chi connectivity index (χ2n) is 11.7. The quantitative estimate of drug-likeness (QED) is 0.512. The van der Waals surface area contributed by atoms with E-state index in [-0.39, 0.29) is 24.4 Å². The van der Waals surface area contributed by atoms with Crippen molar-refractivity contribution in [1.29, 1.82) is 0 Å². The fourth-order valence-corrected chi connectivity index (χ4v) is 5.36. The number of aromatic nitrogens is 1. The van der Waals surface area contributed by atoms with Gasteiger partial charge in [0.15, 0.2) is 12.4 Å². The average Bonchev–Trinajstić information content (AvgIpc) is 3.29. The molecule has 2 aliphatic rings. The van der Waals surface area contributed by atoms with Crippen LogP contribution < -0.4 is 10.1 Å². The molecule has 206 valence electrons. The summed E-state index contributed by atoms with van der Waals surface area (Å²) in [6.45, 7) is 11.2. The van der Waals surface area contributed by atoms with Crippen molar-refractivity contribution in [1.82, 2.24) is 14.8 Å². The van der Waals surface area contributed by atoms with Crippen LogP contribution >= 0.6 is 0 Å². The van der Waals surface area contributed by atoms with E-state index in [1.54, 1.807) is 21.9 Å². The molecule has 0 unspecified atom stereocenters. The number of amides is 2. The molecule has 9 heteroatoms. The molecule has 1 saturated heterocycles. The van der Waals surface area contributed by atoms with Crippen molar-refractivity contribution >= 4 is 34.4 Å². The summed E-state index contributed by atoms with van der Waals surface area (Å²) in [5, 5.41) is 4.05. The van der Waals surface area contributed by atoms with Gasteiger partial charge in [0, 0.05) is 66.5 Å². The minimum absolute atomic E-state index is 0.0201. The number of anilines is 1. The third-order valence-electron chi connectivity index (χ3n) is 7.49. The lowest BCUT2D eigenvalue weighted by atomic mass is 9.71. The van der Waals surface area contributed by atoms with E-state index in [1.165, 1.54) is 0 Å². The minimum atomic E-state index is -0.558. The monoisotopic (exact) mass is 532 g/mol. The maximum absolute atomic E-state index is 13.6. The Hall–Kier alpha value is -4.01. The van der Waals surface area contributed by atoms with Crippen LogP contribution in [0.2, 0.25) is 0 Å². The molecule has 9 nitrogen and oxygen atoms in total. The van der Waals surface area contributed by atoms with Crippen LogP contribution in [0.25, 0.3) is 10.9 Å². The van der Waals surface area contributed by atoms with Crippen molar-refractivity contribution in [3.05, 3.63) is 58.8 Å². The van der Waals surface area contributed by atoms with E-state index in [0.717, 1.165) is 27.8 Å². The molecule has 1 fully saturated rings. The molecular weight excluding hydrogens is 496 g/mol. The van der Waals surface area contributed by atoms with Gasteiger partial charge < -0.3 is 29.6 Å². The first-order valence-electron chi connectivity index (χ1n) is 13.3. The summed E-state index contributed by atoms with van der Waals surface area (Å²) in [6.07, 6.45) is -0.363. The first-order chi connectivity index (χ1) is 18.4. The summed E-state index contributed by atoms with van der Waals surface area (Å²) >= 11 is 0. The molecule has 0 bridgehead atoms. The van der Waals surface area contributed by atoms with Crippen LogP contribution in [0.1, 0.15) is 61.8 Å². The van der Waals surface area contributed by atoms with Crippen LogP contribution in [0.5, 0.6) is 5.75 Å². The van der Waals surface area contributed by atoms with Gasteiger partial charge in [-0.1, -0.05) is 19.9 Å². The van der Waals surface area contributed by atoms with E-state index in [0.29, 0.717) is 43.1 Å². The highest BCUT2D eigenvalue weighted by atomic mass is 16.6. The summed E-state index contributed by atoms with van der Waals surface area (Å²) in [4.78, 5) is 45.6. The van der Waals surface area contributed by atoms with Crippen molar-refractivity contribution in [3.8, 4) is 5.75 Å². The molecule has 2 N–H and O–H groups in total. The van der Waals surface area contributed by atoms with Gasteiger partial charge in [-0.15, -0.1) is 0 Å². The summed E-state index contributed by atoms with van der Waals surface area (Å²) in [6, 6.07) is 11.4. The Bertz CT molecular complexity index is 1460. The molecule has 1 aromatic heterocycles. The fraction of sp³-hybridized carbons (Fsp3) is 0.433. The van der Waals surface area contributed by atoms with Gasteiger partial charge in [0.25, 0.3) is 5.91 Å². The van der Waals surface area contributed by atoms with E-state index in [4.69, 9.17) is 9.47 Å². The van der Waals surface area contributed by atoms with Crippen molar-refractivity contribution in [2.24, 2.45) is 0 Å². The SMILES string of the molecule is CNc1ccc2c3c([nH]c2c1)C(C)(C)c1cc(OCC(=O)N2CCN(C(=O)OC(C)(C)C)CC2)ccc1C3=O. The minimum Gasteiger partial charge on any atom is -0.484 e. The smallest absolute Gasteiger partial charge is 0.410 e. The van der Waals surface area contributed by atoms with Gasteiger partial charge in [0.05, 0.1) is 5.56 Å². The largest absolute Gasteiger partial charge is 0.484 e. The predicted molar refractivity (Wildman–Crippen MR) is 150 cm³/mol. The number of piperazine rings is 1. The predicted octanol–water partition coefficient (Wildman–Crippen LogP) is 4.54. The summed E-state index contributed by atoms with van der Waals surface area (Å²) in [7, 11) is 1.87. The van der Waals surface area contributed by atoms with Gasteiger partial charge in [-0.3, -0.25) is 9.59 Å². The van der Waals surface area contributed by atoms with E-state index >= 15 is 0 Å². The molecule has 2 heterocycles. The van der Waals surface area contributed by atoms with Crippen molar-refractivity contribution in [2.45, 2.75) is 45.6 Å². The van der Waals surface area contributed by atoms with Crippen LogP contribution in [0.3, 0.4) is 0 Å². The zero-order chi connectivity index (χ0) is 28.1. The standard InChI is InChI=1S/C30H36N4O5/c1-29(2,3)39-28(37)34-13-11-33(12-14-34)24(35)17-38-19-8-10-20-22(16-19)30(4,5)27-25(26(20)36)21-9-7-18(31-6)15-23(21)32-27/h7-10,15-16,31-32H,11-14,17H2,1-6H3. The second-order valence-corrected chi connectivity index (χ2v) is 11.7. The Morgan fingerprint density at radius 2 is 1.72 bits per heavy atom. The molecule has 39 heavy (non-hydrogen) atoms. The molecule has 0 saturated carbocycles. The summed E-state index contributed by atoms with van der Waals surface area (Å²) in [5.74, 6) is 0.366. The highest BCUT2D eigenvalue weighted by molar-refractivity contribution is 6.20. The van der Waals surface area contributed by atoms with Gasteiger partial charge in [-0.2, -0.15) is 0 Å². The Morgan fingerprint density at radius 1 is 1.03 bits per heavy atom. The lowest BCUT2D eigenvalue weighted by Crippen LogP contribution is -2.52. The number of hydrogen-bond acceptors (Lipinski definition) is 6. The van der Waals surface area contributed by atoms with E-state index in [1.807, 2.05) is 52.1 Å². The van der Waals surface area contributed by atoms with E-state index < -0.39 is 11.0 Å². The van der Waals surface area contributed by atoms with Gasteiger partial charge in [-0.25, -0.2) is 4.79 Å². The fourth-order valence-electron chi connectivity index (χ4n) is 5.36. The summed E-state index contributed by atoms with van der Waals surface area (Å²) in [5.41, 5.74) is 3.93. The number of nitrogens with zero attached hydrogens (tertiary/aromatic N) is 2. The number of rotatable bonds is 4. The molecule has 0 radical (unpaired) electrons. The van der Waals surface area contributed by atoms with Crippen molar-refractivity contribution < 1.29 is 23.9 Å². The number of ketones is 1. The molecular formula is C30H36N4O5. The van der Waals surface area contributed by atoms with Crippen molar-refractivity contribution in [2.75, 3.05) is 45.2 Å². The maximum atomic E-state index is 13.6. The number of carbonyl (C=O) groups excluding carboxylic acids is 3.